The third-order valence-corrected chi connectivity index (χ3v) is 8.80. The first-order valence-electron chi connectivity index (χ1n) is 16.2. The zero-order valence-electron chi connectivity index (χ0n) is 27.9. The van der Waals surface area contributed by atoms with Crippen LogP contribution >= 0.6 is 0 Å². The lowest BCUT2D eigenvalue weighted by atomic mass is 9.92. The highest BCUT2D eigenvalue weighted by Gasteiger charge is 2.37. The van der Waals surface area contributed by atoms with E-state index < -0.39 is 23.5 Å². The molecule has 1 N–H and O–H groups in total. The van der Waals surface area contributed by atoms with Crippen molar-refractivity contribution in [3.63, 3.8) is 0 Å². The van der Waals surface area contributed by atoms with Gasteiger partial charge in [-0.05, 0) is 72.1 Å². The number of carboxylic acid groups (broad SMARTS) is 1. The van der Waals surface area contributed by atoms with Gasteiger partial charge in [-0.1, -0.05) is 42.5 Å². The van der Waals surface area contributed by atoms with Crippen molar-refractivity contribution >= 4 is 17.4 Å². The molecule has 1 fully saturated rings. The third-order valence-electron chi connectivity index (χ3n) is 8.80. The standard InChI is InChI=1S/C37H43FN4O5/c1-23-11-7-8-20-45-37(6)16-18-41(19-17-37)34-31(33(35(43)44)47-36(3,4)5)24(2)39-30-22-29(40-42(30)34)26-13-9-12-25(21-26)27-14-10-15-28(38)32(27)46-23/h7-10,12-15,21-23,33H,11,16-20H2,1-6H3,(H,43,44)/t23-,33-/m0/s1. The lowest BCUT2D eigenvalue weighted by Crippen LogP contribution is -2.45. The monoisotopic (exact) mass is 642 g/mol. The van der Waals surface area contributed by atoms with E-state index in [0.717, 1.165) is 24.0 Å². The highest BCUT2D eigenvalue weighted by molar-refractivity contribution is 5.80. The van der Waals surface area contributed by atoms with E-state index in [2.05, 4.69) is 11.8 Å². The normalized spacial score (nSPS) is 21.0. The third kappa shape index (κ3) is 6.89. The SMILES string of the molecule is Cc1nc2cc3nn2c(c1[C@H](OC(C)(C)C)C(=O)O)N1CCC(C)(CC1)OCC=CC[C@H](C)Oc1c(F)cccc1-c1cccc-3c1. The van der Waals surface area contributed by atoms with Gasteiger partial charge in [0.2, 0.25) is 0 Å². The summed E-state index contributed by atoms with van der Waals surface area (Å²) in [7, 11) is 0. The number of halogens is 1. The first-order valence-corrected chi connectivity index (χ1v) is 16.2. The lowest BCUT2D eigenvalue weighted by molar-refractivity contribution is -0.160. The molecule has 0 unspecified atom stereocenters. The van der Waals surface area contributed by atoms with Crippen molar-refractivity contribution in [2.75, 3.05) is 24.6 Å². The van der Waals surface area contributed by atoms with Gasteiger partial charge in [0.1, 0.15) is 5.82 Å². The largest absolute Gasteiger partial charge is 0.487 e. The number of rotatable bonds is 3. The molecule has 7 rings (SSSR count). The minimum atomic E-state index is -1.26. The fourth-order valence-corrected chi connectivity index (χ4v) is 6.35. The Kier molecular flexibility index (Phi) is 8.84. The number of fused-ring (bicyclic) bond motifs is 7. The topological polar surface area (TPSA) is 98.4 Å². The second-order valence-electron chi connectivity index (χ2n) is 13.8. The van der Waals surface area contributed by atoms with Gasteiger partial charge in [-0.3, -0.25) is 0 Å². The number of hydrogen-bond acceptors (Lipinski definition) is 7. The molecule has 0 amide bonds. The van der Waals surface area contributed by atoms with Crippen LogP contribution in [-0.4, -0.2) is 62.7 Å². The quantitative estimate of drug-likeness (QED) is 0.229. The van der Waals surface area contributed by atoms with E-state index in [9.17, 15) is 9.90 Å². The summed E-state index contributed by atoms with van der Waals surface area (Å²) in [5.74, 6) is -0.669. The van der Waals surface area contributed by atoms with Crippen LogP contribution in [0.5, 0.6) is 5.75 Å². The molecular weight excluding hydrogens is 599 g/mol. The van der Waals surface area contributed by atoms with E-state index in [1.54, 1.807) is 10.6 Å². The van der Waals surface area contributed by atoms with Crippen LogP contribution in [0.1, 0.15) is 71.2 Å². The number of benzene rings is 2. The highest BCUT2D eigenvalue weighted by Crippen LogP contribution is 2.39. The first-order chi connectivity index (χ1) is 22.3. The molecule has 0 aliphatic carbocycles. The van der Waals surface area contributed by atoms with Gasteiger partial charge in [0.05, 0.1) is 35.2 Å². The predicted molar refractivity (Wildman–Crippen MR) is 179 cm³/mol. The van der Waals surface area contributed by atoms with E-state index >= 15 is 4.39 Å². The zero-order chi connectivity index (χ0) is 33.5. The van der Waals surface area contributed by atoms with Gasteiger partial charge < -0.3 is 24.2 Å². The van der Waals surface area contributed by atoms with Crippen LogP contribution in [0.25, 0.3) is 28.0 Å². The number of ether oxygens (including phenoxy) is 3. The Morgan fingerprint density at radius 2 is 1.83 bits per heavy atom. The average Bonchev–Trinajstić information content (AvgIpc) is 3.43. The summed E-state index contributed by atoms with van der Waals surface area (Å²) in [5.41, 5.74) is 3.42. The maximum absolute atomic E-state index is 15.2. The van der Waals surface area contributed by atoms with Crippen LogP contribution in [0.15, 0.2) is 60.7 Å². The highest BCUT2D eigenvalue weighted by atomic mass is 19.1. The maximum Gasteiger partial charge on any atom is 0.337 e. The van der Waals surface area contributed by atoms with Crippen molar-refractivity contribution in [1.29, 1.82) is 0 Å². The number of aliphatic carboxylic acids is 1. The summed E-state index contributed by atoms with van der Waals surface area (Å²) in [6, 6.07) is 14.6. The summed E-state index contributed by atoms with van der Waals surface area (Å²) in [4.78, 5) is 19.8. The molecule has 2 aromatic heterocycles. The number of para-hydroxylation sites is 1. The molecule has 5 heterocycles. The Morgan fingerprint density at radius 1 is 1.11 bits per heavy atom. The summed E-state index contributed by atoms with van der Waals surface area (Å²) >= 11 is 0. The lowest BCUT2D eigenvalue weighted by Gasteiger charge is -2.41. The predicted octanol–water partition coefficient (Wildman–Crippen LogP) is 7.55. The number of hydrogen-bond donors (Lipinski definition) is 1. The van der Waals surface area contributed by atoms with Crippen molar-refractivity contribution in [3.8, 4) is 28.1 Å². The molecule has 10 heteroatoms. The van der Waals surface area contributed by atoms with Gasteiger partial charge in [-0.25, -0.2) is 14.2 Å². The van der Waals surface area contributed by atoms with Crippen LogP contribution < -0.4 is 9.64 Å². The van der Waals surface area contributed by atoms with Crippen LogP contribution in [0.3, 0.4) is 0 Å². The molecule has 6 bridgehead atoms. The van der Waals surface area contributed by atoms with Crippen molar-refractivity contribution in [1.82, 2.24) is 14.6 Å². The van der Waals surface area contributed by atoms with Crippen molar-refractivity contribution in [2.45, 2.75) is 84.2 Å². The van der Waals surface area contributed by atoms with Crippen LogP contribution in [0.4, 0.5) is 10.2 Å². The van der Waals surface area contributed by atoms with Crippen LogP contribution in [0.2, 0.25) is 0 Å². The number of anilines is 1. The minimum Gasteiger partial charge on any atom is -0.487 e. The Morgan fingerprint density at radius 3 is 2.55 bits per heavy atom. The molecule has 9 nitrogen and oxygen atoms in total. The molecule has 0 spiro atoms. The second kappa shape index (κ2) is 12.7. The van der Waals surface area contributed by atoms with E-state index in [4.69, 9.17) is 24.3 Å². The van der Waals surface area contributed by atoms with Gasteiger partial charge in [0.25, 0.3) is 0 Å². The summed E-state index contributed by atoms with van der Waals surface area (Å²) < 4.78 is 35.7. The summed E-state index contributed by atoms with van der Waals surface area (Å²) in [5, 5.41) is 15.5. The molecule has 3 aliphatic heterocycles. The number of piperidine rings is 1. The molecule has 2 atom stereocenters. The molecule has 248 valence electrons. The fourth-order valence-electron chi connectivity index (χ4n) is 6.35. The molecule has 4 aromatic rings. The van der Waals surface area contributed by atoms with Gasteiger partial charge >= 0.3 is 5.97 Å². The van der Waals surface area contributed by atoms with Crippen molar-refractivity contribution in [3.05, 3.63) is 77.8 Å². The van der Waals surface area contributed by atoms with E-state index in [1.165, 1.54) is 6.07 Å². The summed E-state index contributed by atoms with van der Waals surface area (Å²) in [6.07, 6.45) is 4.54. The Hall–Kier alpha value is -4.28. The maximum atomic E-state index is 15.2. The molecule has 47 heavy (non-hydrogen) atoms. The zero-order valence-corrected chi connectivity index (χ0v) is 27.9. The molecule has 1 saturated heterocycles. The van der Waals surface area contributed by atoms with Crippen LogP contribution in [-0.2, 0) is 14.3 Å². The van der Waals surface area contributed by atoms with Gasteiger partial charge in [0.15, 0.2) is 23.3 Å². The molecular formula is C37H43FN4O5. The Bertz CT molecular complexity index is 1820. The molecule has 3 aliphatic rings. The number of aryl methyl sites for hydroxylation is 1. The number of nitrogens with zero attached hydrogens (tertiary/aromatic N) is 4. The minimum absolute atomic E-state index is 0.201. The number of carbonyl (C=O) groups is 1. The molecule has 2 aromatic carbocycles. The average molecular weight is 643 g/mol. The first kappa shape index (κ1) is 32.7. The second-order valence-corrected chi connectivity index (χ2v) is 13.8. The van der Waals surface area contributed by atoms with Gasteiger partial charge in [0, 0.05) is 42.4 Å². The summed E-state index contributed by atoms with van der Waals surface area (Å²) in [6.45, 7) is 13.1. The Labute approximate surface area is 275 Å². The van der Waals surface area contributed by atoms with Gasteiger partial charge in [-0.2, -0.15) is 9.61 Å². The smallest absolute Gasteiger partial charge is 0.337 e. The molecule has 0 radical (unpaired) electrons. The van der Waals surface area contributed by atoms with Crippen molar-refractivity contribution in [2.24, 2.45) is 0 Å². The van der Waals surface area contributed by atoms with E-state index in [0.29, 0.717) is 60.1 Å². The van der Waals surface area contributed by atoms with Gasteiger partial charge in [-0.15, -0.1) is 0 Å². The Balaban J connectivity index is 1.55. The van der Waals surface area contributed by atoms with E-state index in [1.807, 2.05) is 83.2 Å². The number of carboxylic acids is 1. The van der Waals surface area contributed by atoms with E-state index in [-0.39, 0.29) is 17.5 Å². The number of aromatic nitrogens is 3. The molecule has 0 saturated carbocycles. The fraction of sp³-hybridized carbons (Fsp3) is 0.432. The van der Waals surface area contributed by atoms with Crippen molar-refractivity contribution < 1.29 is 28.5 Å². The van der Waals surface area contributed by atoms with Crippen LogP contribution in [0, 0.1) is 12.7 Å².